The number of allylic oxidation sites excluding steroid dienone is 8. The van der Waals surface area contributed by atoms with Crippen LogP contribution in [0.1, 0.15) is 48.9 Å². The second-order valence-electron chi connectivity index (χ2n) is 8.48. The summed E-state index contributed by atoms with van der Waals surface area (Å²) in [6, 6.07) is 18.6. The molecule has 0 saturated carbocycles. The van der Waals surface area contributed by atoms with Crippen molar-refractivity contribution in [3.8, 4) is 0 Å². The number of hydrogen-bond donors (Lipinski definition) is 0. The zero-order valence-corrected chi connectivity index (χ0v) is 26.7. The van der Waals surface area contributed by atoms with E-state index in [0.29, 0.717) is 0 Å². The minimum atomic E-state index is -2.06. The Hall–Kier alpha value is -0.607. The van der Waals surface area contributed by atoms with Crippen molar-refractivity contribution < 1.29 is 43.2 Å². The molecule has 2 aliphatic rings. The van der Waals surface area contributed by atoms with Gasteiger partial charge in [0.25, 0.3) is 0 Å². The van der Waals surface area contributed by atoms with Gasteiger partial charge in [-0.25, -0.2) is 0 Å². The van der Waals surface area contributed by atoms with Crippen molar-refractivity contribution in [2.75, 3.05) is 0 Å². The van der Waals surface area contributed by atoms with E-state index in [1.807, 2.05) is 6.66 Å². The number of hydrogen-bond acceptors (Lipinski definition) is 0. The smallest absolute Gasteiger partial charge is 1.00 e. The third-order valence-corrected chi connectivity index (χ3v) is 45.1. The molecule has 0 aromatic heterocycles. The molecule has 0 atom stereocenters. The molecule has 0 nitrogen and oxygen atoms in total. The van der Waals surface area contributed by atoms with E-state index in [1.54, 1.807) is 11.1 Å². The van der Waals surface area contributed by atoms with E-state index >= 15 is 0 Å². The molecule has 0 amide bonds. The second kappa shape index (κ2) is 12.7. The first kappa shape index (κ1) is 27.6. The van der Waals surface area contributed by atoms with Gasteiger partial charge in [-0.3, -0.25) is 0 Å². The van der Waals surface area contributed by atoms with Crippen LogP contribution in [0.4, 0.5) is 0 Å². The molecule has 0 unspecified atom stereocenters. The maximum absolute atomic E-state index is 2.65. The average Bonchev–Trinajstić information content (AvgIpc) is 3.44. The fourth-order valence-electron chi connectivity index (χ4n) is 4.73. The van der Waals surface area contributed by atoms with E-state index < -0.39 is 28.4 Å². The maximum Gasteiger partial charge on any atom is -1.00 e. The topological polar surface area (TPSA) is 0 Å². The quantitative estimate of drug-likeness (QED) is 0.406. The summed E-state index contributed by atoms with van der Waals surface area (Å²) in [4.78, 5) is 0. The van der Waals surface area contributed by atoms with Crippen LogP contribution in [0.25, 0.3) is 11.1 Å². The van der Waals surface area contributed by atoms with Gasteiger partial charge in [-0.1, -0.05) is 0 Å². The SMILES string of the molecule is CCc1cccc(C2=[C]([Hf+2]([C]3=C(c4cccc(CC)c4)C=CC3)=[Ge]([CH3])[CH3])CC=C2)c1.[Cl-].[Cl-]. The summed E-state index contributed by atoms with van der Waals surface area (Å²) < 4.78 is 3.77. The summed E-state index contributed by atoms with van der Waals surface area (Å²) in [7, 11) is -1.04. The van der Waals surface area contributed by atoms with Gasteiger partial charge in [0.15, 0.2) is 0 Å². The molecule has 166 valence electrons. The Labute approximate surface area is 215 Å². The Kier molecular flexibility index (Phi) is 11.0. The van der Waals surface area contributed by atoms with Crippen molar-refractivity contribution in [1.29, 1.82) is 0 Å². The molecule has 0 radical (unpaired) electrons. The normalized spacial score (nSPS) is 14.2. The average molecular weight is 691 g/mol. The first-order chi connectivity index (χ1) is 14.6. The third kappa shape index (κ3) is 5.90. The summed E-state index contributed by atoms with van der Waals surface area (Å²) in [6.07, 6.45) is 14.4. The Morgan fingerprint density at radius 3 is 1.53 bits per heavy atom. The summed E-state index contributed by atoms with van der Waals surface area (Å²) in [5.74, 6) is 5.30. The molecule has 0 heterocycles. The van der Waals surface area contributed by atoms with E-state index in [2.05, 4.69) is 98.2 Å². The fraction of sp³-hybridized carbons (Fsp3) is 0.286. The van der Waals surface area contributed by atoms with E-state index in [9.17, 15) is 0 Å². The molecule has 2 aromatic rings. The predicted molar refractivity (Wildman–Crippen MR) is 130 cm³/mol. The van der Waals surface area contributed by atoms with Crippen molar-refractivity contribution >= 4 is 21.2 Å². The Morgan fingerprint density at radius 1 is 0.719 bits per heavy atom. The maximum atomic E-state index is 2.65. The molecule has 0 bridgehead atoms. The van der Waals surface area contributed by atoms with Crippen LogP contribution in [0.2, 0.25) is 11.5 Å². The van der Waals surface area contributed by atoms with E-state index in [0.717, 1.165) is 12.8 Å². The monoisotopic (exact) mass is 692 g/mol. The first-order valence-electron chi connectivity index (χ1n) is 11.3. The minimum Gasteiger partial charge on any atom is -1.00 e. The molecule has 4 rings (SSSR count). The van der Waals surface area contributed by atoms with E-state index in [1.165, 1.54) is 35.1 Å². The molecule has 32 heavy (non-hydrogen) atoms. The van der Waals surface area contributed by atoms with Gasteiger partial charge < -0.3 is 24.8 Å². The number of aryl methyl sites for hydroxylation is 2. The zero-order valence-electron chi connectivity index (χ0n) is 19.5. The first-order valence-corrected chi connectivity index (χ1v) is 29.5. The number of halogens is 2. The largest absolute Gasteiger partial charge is 1.00 e. The van der Waals surface area contributed by atoms with Gasteiger partial charge in [0, 0.05) is 0 Å². The fourth-order valence-corrected chi connectivity index (χ4v) is 45.1. The van der Waals surface area contributed by atoms with E-state index in [4.69, 9.17) is 0 Å². The van der Waals surface area contributed by atoms with Crippen LogP contribution in [-0.4, -0.2) is 10.1 Å². The van der Waals surface area contributed by atoms with E-state index in [-0.39, 0.29) is 24.8 Å². The Bertz CT molecular complexity index is 1050. The number of rotatable bonds is 6. The van der Waals surface area contributed by atoms with Crippen molar-refractivity contribution in [3.05, 3.63) is 102 Å². The van der Waals surface area contributed by atoms with Gasteiger partial charge in [-0.2, -0.15) is 0 Å². The summed E-state index contributed by atoms with van der Waals surface area (Å²) in [5.41, 5.74) is 9.00. The molecule has 0 saturated heterocycles. The standard InChI is InChI=1S/2C13H13.C2H6Ge.2ClH.Hf/c2*1-2-11-6-5-9-13(10-11)12-7-3-4-8-12;1-3-2;;;/h2*3,5-7,9-10H,2,4H2,1H3;1-2H3;2*1H;/q;;;;;+2/p-2. The van der Waals surface area contributed by atoms with Gasteiger partial charge in [0.05, 0.1) is 0 Å². The summed E-state index contributed by atoms with van der Waals surface area (Å²) in [6.45, 7) is 4.52. The third-order valence-electron chi connectivity index (χ3n) is 6.26. The molecule has 2 aromatic carbocycles. The van der Waals surface area contributed by atoms with Crippen LogP contribution in [0.15, 0.2) is 79.5 Å². The van der Waals surface area contributed by atoms with Crippen molar-refractivity contribution in [1.82, 2.24) is 0 Å². The van der Waals surface area contributed by atoms with Crippen molar-refractivity contribution in [2.45, 2.75) is 51.0 Å². The Morgan fingerprint density at radius 2 is 1.16 bits per heavy atom. The predicted octanol–water partition coefficient (Wildman–Crippen LogP) is 1.73. The van der Waals surface area contributed by atoms with Crippen LogP contribution in [0.3, 0.4) is 0 Å². The minimum absolute atomic E-state index is 0. The second-order valence-corrected chi connectivity index (χ2v) is 47.0. The molecule has 0 aliphatic heterocycles. The Balaban J connectivity index is 0.00000181. The van der Waals surface area contributed by atoms with Crippen LogP contribution in [0, 0.1) is 0 Å². The van der Waals surface area contributed by atoms with Gasteiger partial charge >= 0.3 is 192 Å². The summed E-state index contributed by atoms with van der Waals surface area (Å²) in [5, 5.41) is 0. The van der Waals surface area contributed by atoms with Crippen LogP contribution in [-0.2, 0) is 31.2 Å². The van der Waals surface area contributed by atoms with Crippen LogP contribution in [0.5, 0.6) is 0 Å². The summed E-state index contributed by atoms with van der Waals surface area (Å²) >= 11 is -2.06. The van der Waals surface area contributed by atoms with Gasteiger partial charge in [0.2, 0.25) is 0 Å². The number of benzene rings is 2. The van der Waals surface area contributed by atoms with Crippen LogP contribution >= 0.6 is 0 Å². The molecular weight excluding hydrogens is 658 g/mol. The van der Waals surface area contributed by atoms with Crippen molar-refractivity contribution in [3.63, 3.8) is 0 Å². The van der Waals surface area contributed by atoms with Crippen molar-refractivity contribution in [2.24, 2.45) is 0 Å². The molecule has 0 N–H and O–H groups in total. The van der Waals surface area contributed by atoms with Gasteiger partial charge in [0.1, 0.15) is 0 Å². The van der Waals surface area contributed by atoms with Crippen LogP contribution < -0.4 is 24.8 Å². The zero-order chi connectivity index (χ0) is 21.1. The van der Waals surface area contributed by atoms with Gasteiger partial charge in [-0.15, -0.1) is 0 Å². The molecule has 4 heteroatoms. The molecule has 0 spiro atoms. The molecular formula is C28H32Cl2GeHf. The molecule has 2 aliphatic carbocycles. The van der Waals surface area contributed by atoms with Gasteiger partial charge in [-0.05, 0) is 0 Å². The molecule has 0 fully saturated rings.